The average Bonchev–Trinajstić information content (AvgIpc) is 2.28. The largest absolute Gasteiger partial charge is 0.497 e. The van der Waals surface area contributed by atoms with Crippen LogP contribution in [0.5, 0.6) is 5.75 Å². The van der Waals surface area contributed by atoms with Crippen LogP contribution >= 0.6 is 27.7 Å². The predicted octanol–water partition coefficient (Wildman–Crippen LogP) is 3.30. The quantitative estimate of drug-likeness (QED) is 0.871. The highest BCUT2D eigenvalue weighted by Crippen LogP contribution is 2.22. The molecule has 90 valence electrons. The maximum absolute atomic E-state index is 5.21. The van der Waals surface area contributed by atoms with E-state index in [0.29, 0.717) is 6.04 Å². The predicted molar refractivity (Wildman–Crippen MR) is 75.4 cm³/mol. The molecule has 1 unspecified atom stereocenters. The van der Waals surface area contributed by atoms with Crippen molar-refractivity contribution in [3.63, 3.8) is 0 Å². The Balaban J connectivity index is 2.58. The maximum atomic E-state index is 5.21. The van der Waals surface area contributed by atoms with Crippen LogP contribution in [0.25, 0.3) is 0 Å². The summed E-state index contributed by atoms with van der Waals surface area (Å²) in [4.78, 5) is 0. The Hall–Kier alpha value is -0.190. The lowest BCUT2D eigenvalue weighted by Crippen LogP contribution is -2.27. The molecule has 0 aromatic heterocycles. The smallest absolute Gasteiger partial charge is 0.119 e. The van der Waals surface area contributed by atoms with Gasteiger partial charge in [0.2, 0.25) is 0 Å². The van der Waals surface area contributed by atoms with Crippen molar-refractivity contribution in [1.29, 1.82) is 0 Å². The second kappa shape index (κ2) is 7.20. The molecule has 1 aromatic rings. The van der Waals surface area contributed by atoms with E-state index in [1.54, 1.807) is 7.11 Å². The number of hydrogen-bond acceptors (Lipinski definition) is 3. The van der Waals surface area contributed by atoms with E-state index in [1.165, 1.54) is 5.56 Å². The third-order valence-electron chi connectivity index (χ3n) is 2.31. The number of rotatable bonds is 6. The van der Waals surface area contributed by atoms with Crippen LogP contribution in [0.15, 0.2) is 22.7 Å². The van der Waals surface area contributed by atoms with Gasteiger partial charge in [-0.25, -0.2) is 0 Å². The molecule has 0 heterocycles. The fourth-order valence-corrected chi connectivity index (χ4v) is 2.41. The molecule has 0 fully saturated rings. The fourth-order valence-electron chi connectivity index (χ4n) is 1.41. The van der Waals surface area contributed by atoms with Crippen LogP contribution in [0, 0.1) is 0 Å². The highest BCUT2D eigenvalue weighted by atomic mass is 79.9. The number of benzene rings is 1. The Morgan fingerprint density at radius 3 is 2.88 bits per heavy atom. The molecule has 0 amide bonds. The molecule has 0 saturated heterocycles. The fraction of sp³-hybridized carbons (Fsp3) is 0.500. The third kappa shape index (κ3) is 4.36. The second-order valence-corrected chi connectivity index (χ2v) is 5.46. The van der Waals surface area contributed by atoms with Gasteiger partial charge in [-0.05, 0) is 36.9 Å². The molecule has 1 N–H and O–H groups in total. The number of methoxy groups -OCH3 is 1. The summed E-state index contributed by atoms with van der Waals surface area (Å²) < 4.78 is 6.33. The van der Waals surface area contributed by atoms with Gasteiger partial charge in [0, 0.05) is 22.8 Å². The van der Waals surface area contributed by atoms with Crippen LogP contribution in [-0.4, -0.2) is 25.2 Å². The molecule has 2 nitrogen and oxygen atoms in total. The van der Waals surface area contributed by atoms with E-state index in [-0.39, 0.29) is 0 Å². The molecule has 0 aliphatic rings. The minimum atomic E-state index is 0.521. The highest BCUT2D eigenvalue weighted by molar-refractivity contribution is 9.10. The van der Waals surface area contributed by atoms with E-state index in [9.17, 15) is 0 Å². The zero-order valence-corrected chi connectivity index (χ0v) is 12.3. The van der Waals surface area contributed by atoms with Crippen molar-refractivity contribution in [3.8, 4) is 5.75 Å². The number of hydrogen-bond donors (Lipinski definition) is 1. The van der Waals surface area contributed by atoms with Crippen molar-refractivity contribution in [1.82, 2.24) is 5.32 Å². The lowest BCUT2D eigenvalue weighted by atomic mass is 10.2. The molecule has 0 bridgehead atoms. The van der Waals surface area contributed by atoms with Gasteiger partial charge < -0.3 is 10.1 Å². The third-order valence-corrected chi connectivity index (χ3v) is 3.92. The van der Waals surface area contributed by atoms with Crippen molar-refractivity contribution in [2.24, 2.45) is 0 Å². The van der Waals surface area contributed by atoms with Crippen molar-refractivity contribution in [2.45, 2.75) is 19.5 Å². The summed E-state index contributed by atoms with van der Waals surface area (Å²) in [7, 11) is 1.69. The van der Waals surface area contributed by atoms with E-state index in [4.69, 9.17) is 4.74 Å². The van der Waals surface area contributed by atoms with Crippen LogP contribution in [0.3, 0.4) is 0 Å². The van der Waals surface area contributed by atoms with E-state index >= 15 is 0 Å². The maximum Gasteiger partial charge on any atom is 0.119 e. The minimum Gasteiger partial charge on any atom is -0.497 e. The van der Waals surface area contributed by atoms with Gasteiger partial charge in [-0.3, -0.25) is 0 Å². The SMILES string of the molecule is COc1ccc(Br)c(CNC(C)CSC)c1. The Labute approximate surface area is 110 Å². The van der Waals surface area contributed by atoms with E-state index in [1.807, 2.05) is 23.9 Å². The van der Waals surface area contributed by atoms with Crippen LogP contribution in [0.1, 0.15) is 12.5 Å². The Morgan fingerprint density at radius 1 is 1.50 bits per heavy atom. The molecule has 0 spiro atoms. The van der Waals surface area contributed by atoms with Crippen molar-refractivity contribution < 1.29 is 4.74 Å². The van der Waals surface area contributed by atoms with Gasteiger partial charge in [0.15, 0.2) is 0 Å². The topological polar surface area (TPSA) is 21.3 Å². The van der Waals surface area contributed by atoms with Gasteiger partial charge in [-0.1, -0.05) is 15.9 Å². The van der Waals surface area contributed by atoms with Gasteiger partial charge in [0.25, 0.3) is 0 Å². The monoisotopic (exact) mass is 303 g/mol. The van der Waals surface area contributed by atoms with Crippen molar-refractivity contribution >= 4 is 27.7 Å². The summed E-state index contributed by atoms with van der Waals surface area (Å²) in [6.45, 7) is 3.06. The zero-order chi connectivity index (χ0) is 12.0. The Morgan fingerprint density at radius 2 is 2.25 bits per heavy atom. The average molecular weight is 304 g/mol. The lowest BCUT2D eigenvalue weighted by Gasteiger charge is -2.14. The Kier molecular flexibility index (Phi) is 6.24. The summed E-state index contributed by atoms with van der Waals surface area (Å²) in [5.74, 6) is 2.03. The molecule has 1 rings (SSSR count). The molecular weight excluding hydrogens is 286 g/mol. The summed E-state index contributed by atoms with van der Waals surface area (Å²) in [6.07, 6.45) is 2.12. The van der Waals surface area contributed by atoms with Gasteiger partial charge in [-0.2, -0.15) is 11.8 Å². The van der Waals surface area contributed by atoms with Gasteiger partial charge in [0.05, 0.1) is 7.11 Å². The number of thioether (sulfide) groups is 1. The summed E-state index contributed by atoms with van der Waals surface area (Å²) in [5.41, 5.74) is 1.23. The molecule has 0 aliphatic heterocycles. The number of nitrogens with one attached hydrogen (secondary N) is 1. The highest BCUT2D eigenvalue weighted by Gasteiger charge is 2.04. The zero-order valence-electron chi connectivity index (χ0n) is 9.92. The first-order chi connectivity index (χ1) is 7.67. The first-order valence-electron chi connectivity index (χ1n) is 5.22. The van der Waals surface area contributed by atoms with Gasteiger partial charge in [-0.15, -0.1) is 0 Å². The van der Waals surface area contributed by atoms with E-state index in [0.717, 1.165) is 22.5 Å². The summed E-state index contributed by atoms with van der Waals surface area (Å²) in [5, 5.41) is 3.49. The lowest BCUT2D eigenvalue weighted by molar-refractivity contribution is 0.413. The van der Waals surface area contributed by atoms with Crippen molar-refractivity contribution in [3.05, 3.63) is 28.2 Å². The molecule has 0 aliphatic carbocycles. The van der Waals surface area contributed by atoms with Crippen LogP contribution in [0.2, 0.25) is 0 Å². The van der Waals surface area contributed by atoms with Crippen LogP contribution in [-0.2, 0) is 6.54 Å². The normalized spacial score (nSPS) is 12.5. The first kappa shape index (κ1) is 13.9. The second-order valence-electron chi connectivity index (χ2n) is 3.69. The number of halogens is 1. The van der Waals surface area contributed by atoms with Gasteiger partial charge >= 0.3 is 0 Å². The van der Waals surface area contributed by atoms with E-state index < -0.39 is 0 Å². The van der Waals surface area contributed by atoms with Crippen LogP contribution in [0.4, 0.5) is 0 Å². The summed E-state index contributed by atoms with van der Waals surface area (Å²) in [6, 6.07) is 6.56. The summed E-state index contributed by atoms with van der Waals surface area (Å²) >= 11 is 5.41. The van der Waals surface area contributed by atoms with Gasteiger partial charge in [0.1, 0.15) is 5.75 Å². The first-order valence-corrected chi connectivity index (χ1v) is 7.40. The molecule has 0 radical (unpaired) electrons. The molecule has 4 heteroatoms. The molecular formula is C12H18BrNOS. The molecule has 1 atom stereocenters. The van der Waals surface area contributed by atoms with E-state index in [2.05, 4.69) is 40.5 Å². The van der Waals surface area contributed by atoms with Crippen LogP contribution < -0.4 is 10.1 Å². The number of ether oxygens (including phenoxy) is 1. The molecule has 16 heavy (non-hydrogen) atoms. The minimum absolute atomic E-state index is 0.521. The van der Waals surface area contributed by atoms with Crippen molar-refractivity contribution in [2.75, 3.05) is 19.1 Å². The molecule has 0 saturated carbocycles. The standard InChI is InChI=1S/C12H18BrNOS/c1-9(8-16-3)14-7-10-6-11(15-2)4-5-12(10)13/h4-6,9,14H,7-8H2,1-3H3. The Bertz CT molecular complexity index is 333. The molecule has 1 aromatic carbocycles.